The van der Waals surface area contributed by atoms with Gasteiger partial charge in [0.2, 0.25) is 5.88 Å². The molecule has 0 N–H and O–H groups in total. The molecule has 0 fully saturated rings. The van der Waals surface area contributed by atoms with Crippen molar-refractivity contribution in [3.05, 3.63) is 77.3 Å². The van der Waals surface area contributed by atoms with E-state index in [0.717, 1.165) is 41.0 Å². The van der Waals surface area contributed by atoms with Gasteiger partial charge in [0.15, 0.2) is 0 Å². The Labute approximate surface area is 158 Å². The van der Waals surface area contributed by atoms with Crippen LogP contribution in [0.15, 0.2) is 59.3 Å². The number of aromatic nitrogens is 2. The van der Waals surface area contributed by atoms with E-state index in [2.05, 4.69) is 58.7 Å². The molecular weight excluding hydrogens is 336 g/mol. The van der Waals surface area contributed by atoms with Crippen LogP contribution in [-0.2, 0) is 12.8 Å². The predicted octanol–water partition coefficient (Wildman–Crippen LogP) is 5.30. The number of rotatable bonds is 5. The van der Waals surface area contributed by atoms with Gasteiger partial charge in [-0.05, 0) is 49.1 Å². The lowest BCUT2D eigenvalue weighted by Crippen LogP contribution is -1.99. The van der Waals surface area contributed by atoms with Gasteiger partial charge in [-0.25, -0.2) is 4.98 Å². The van der Waals surface area contributed by atoms with Crippen LogP contribution in [0.1, 0.15) is 22.6 Å². The molecule has 0 atom stereocenters. The molecule has 4 nitrogen and oxygen atoms in total. The zero-order chi connectivity index (χ0) is 18.8. The maximum atomic E-state index is 5.49. The molecule has 136 valence electrons. The van der Waals surface area contributed by atoms with Gasteiger partial charge in [0.05, 0.1) is 12.8 Å². The smallest absolute Gasteiger partial charge is 0.216 e. The van der Waals surface area contributed by atoms with Crippen molar-refractivity contribution >= 4 is 10.8 Å². The highest BCUT2D eigenvalue weighted by Gasteiger charge is 2.15. The summed E-state index contributed by atoms with van der Waals surface area (Å²) in [6.45, 7) is 3.87. The van der Waals surface area contributed by atoms with E-state index in [1.54, 1.807) is 7.11 Å². The first-order chi connectivity index (χ1) is 13.2. The first kappa shape index (κ1) is 17.3. The van der Waals surface area contributed by atoms with Crippen LogP contribution in [0.25, 0.3) is 21.9 Å². The Balaban J connectivity index is 1.63. The fourth-order valence-corrected chi connectivity index (χ4v) is 3.57. The van der Waals surface area contributed by atoms with Crippen molar-refractivity contribution in [2.24, 2.45) is 0 Å². The third-order valence-corrected chi connectivity index (χ3v) is 4.94. The van der Waals surface area contributed by atoms with E-state index in [4.69, 9.17) is 9.26 Å². The van der Waals surface area contributed by atoms with Gasteiger partial charge in [-0.15, -0.1) is 0 Å². The fraction of sp³-hybridized carbons (Fsp3) is 0.217. The highest BCUT2D eigenvalue weighted by Crippen LogP contribution is 2.30. The number of nitrogens with zero attached hydrogens (tertiary/aromatic N) is 2. The molecule has 0 spiro atoms. The third-order valence-electron chi connectivity index (χ3n) is 4.94. The molecule has 0 saturated carbocycles. The molecule has 2 aromatic carbocycles. The van der Waals surface area contributed by atoms with Gasteiger partial charge in [0, 0.05) is 22.9 Å². The zero-order valence-corrected chi connectivity index (χ0v) is 15.8. The molecule has 0 unspecified atom stereocenters. The quantitative estimate of drug-likeness (QED) is 0.486. The maximum Gasteiger partial charge on any atom is 0.216 e. The summed E-state index contributed by atoms with van der Waals surface area (Å²) in [6, 6.07) is 17.2. The number of hydrogen-bond donors (Lipinski definition) is 0. The highest BCUT2D eigenvalue weighted by atomic mass is 16.5. The second-order valence-corrected chi connectivity index (χ2v) is 6.77. The average Bonchev–Trinajstić information content (AvgIpc) is 3.04. The molecule has 4 aromatic rings. The number of fused-ring (bicyclic) bond motifs is 1. The number of ether oxygens (including phenoxy) is 1. The molecule has 4 heteroatoms. The van der Waals surface area contributed by atoms with E-state index < -0.39 is 0 Å². The van der Waals surface area contributed by atoms with Crippen molar-refractivity contribution in [3.8, 4) is 17.0 Å². The predicted molar refractivity (Wildman–Crippen MR) is 107 cm³/mol. The van der Waals surface area contributed by atoms with Crippen LogP contribution in [0, 0.1) is 13.8 Å². The summed E-state index contributed by atoms with van der Waals surface area (Å²) in [4.78, 5) is 4.51. The second-order valence-electron chi connectivity index (χ2n) is 6.77. The molecule has 0 radical (unpaired) electrons. The first-order valence-corrected chi connectivity index (χ1v) is 9.09. The Kier molecular flexibility index (Phi) is 4.63. The summed E-state index contributed by atoms with van der Waals surface area (Å²) in [7, 11) is 1.66. The zero-order valence-electron chi connectivity index (χ0n) is 15.8. The van der Waals surface area contributed by atoms with Gasteiger partial charge < -0.3 is 9.26 Å². The van der Waals surface area contributed by atoms with E-state index in [9.17, 15) is 0 Å². The van der Waals surface area contributed by atoms with E-state index in [1.165, 1.54) is 16.3 Å². The summed E-state index contributed by atoms with van der Waals surface area (Å²) in [5.41, 5.74) is 5.29. The molecule has 0 saturated heterocycles. The Morgan fingerprint density at radius 3 is 2.52 bits per heavy atom. The van der Waals surface area contributed by atoms with Crippen molar-refractivity contribution in [2.45, 2.75) is 26.7 Å². The minimum atomic E-state index is 0.672. The maximum absolute atomic E-state index is 5.49. The van der Waals surface area contributed by atoms with Gasteiger partial charge in [0.25, 0.3) is 0 Å². The van der Waals surface area contributed by atoms with Gasteiger partial charge in [0.1, 0.15) is 5.76 Å². The third kappa shape index (κ3) is 3.43. The van der Waals surface area contributed by atoms with Crippen LogP contribution in [0.4, 0.5) is 0 Å². The molecule has 0 bridgehead atoms. The summed E-state index contributed by atoms with van der Waals surface area (Å²) in [5, 5.41) is 6.59. The molecule has 27 heavy (non-hydrogen) atoms. The topological polar surface area (TPSA) is 48.2 Å². The summed E-state index contributed by atoms with van der Waals surface area (Å²) < 4.78 is 10.8. The number of aryl methyl sites for hydroxylation is 4. The molecule has 4 rings (SSSR count). The van der Waals surface area contributed by atoms with Crippen LogP contribution in [-0.4, -0.2) is 17.3 Å². The lowest BCUT2D eigenvalue weighted by Gasteiger charge is -2.10. The first-order valence-electron chi connectivity index (χ1n) is 9.09. The standard InChI is InChI=1S/C23H22N2O2/c1-15-22(16(2)27-25-15)21-13-20(23(26-3)24-14-21)11-9-17-8-10-18-6-4-5-7-19(18)12-17/h4-8,10,12-14H,9,11H2,1-3H3. The van der Waals surface area contributed by atoms with E-state index >= 15 is 0 Å². The van der Waals surface area contributed by atoms with Gasteiger partial charge in [-0.1, -0.05) is 47.6 Å². The minimum absolute atomic E-state index is 0.672. The summed E-state index contributed by atoms with van der Waals surface area (Å²) in [6.07, 6.45) is 3.60. The molecule has 0 amide bonds. The number of hydrogen-bond acceptors (Lipinski definition) is 4. The van der Waals surface area contributed by atoms with Crippen LogP contribution in [0.3, 0.4) is 0 Å². The molecule has 0 aliphatic heterocycles. The van der Waals surface area contributed by atoms with Crippen molar-refractivity contribution in [1.29, 1.82) is 0 Å². The van der Waals surface area contributed by atoms with Crippen molar-refractivity contribution in [1.82, 2.24) is 10.1 Å². The molecule has 2 heterocycles. The Morgan fingerprint density at radius 1 is 0.963 bits per heavy atom. The van der Waals surface area contributed by atoms with E-state index in [1.807, 2.05) is 20.0 Å². The largest absolute Gasteiger partial charge is 0.481 e. The molecule has 0 aliphatic carbocycles. The average molecular weight is 358 g/mol. The van der Waals surface area contributed by atoms with Crippen LogP contribution in [0.5, 0.6) is 5.88 Å². The van der Waals surface area contributed by atoms with Gasteiger partial charge in [-0.3, -0.25) is 0 Å². The fourth-order valence-electron chi connectivity index (χ4n) is 3.57. The lowest BCUT2D eigenvalue weighted by atomic mass is 9.99. The van der Waals surface area contributed by atoms with Crippen molar-refractivity contribution in [3.63, 3.8) is 0 Å². The van der Waals surface area contributed by atoms with E-state index in [-0.39, 0.29) is 0 Å². The Morgan fingerprint density at radius 2 is 1.78 bits per heavy atom. The van der Waals surface area contributed by atoms with Gasteiger partial charge in [-0.2, -0.15) is 0 Å². The van der Waals surface area contributed by atoms with Crippen molar-refractivity contribution in [2.75, 3.05) is 7.11 Å². The lowest BCUT2D eigenvalue weighted by molar-refractivity contribution is 0.392. The number of methoxy groups -OCH3 is 1. The highest BCUT2D eigenvalue weighted by molar-refractivity contribution is 5.83. The van der Waals surface area contributed by atoms with Crippen LogP contribution in [0.2, 0.25) is 0 Å². The molecule has 2 aromatic heterocycles. The SMILES string of the molecule is COc1ncc(-c2c(C)noc2C)cc1CCc1ccc2ccccc2c1. The minimum Gasteiger partial charge on any atom is -0.481 e. The van der Waals surface area contributed by atoms with Crippen LogP contribution < -0.4 is 4.74 Å². The number of benzene rings is 2. The monoisotopic (exact) mass is 358 g/mol. The summed E-state index contributed by atoms with van der Waals surface area (Å²) >= 11 is 0. The van der Waals surface area contributed by atoms with E-state index in [0.29, 0.717) is 5.88 Å². The summed E-state index contributed by atoms with van der Waals surface area (Å²) in [5.74, 6) is 1.48. The second kappa shape index (κ2) is 7.23. The van der Waals surface area contributed by atoms with Crippen LogP contribution >= 0.6 is 0 Å². The Hall–Kier alpha value is -3.14. The normalized spacial score (nSPS) is 11.1. The number of pyridine rings is 1. The molecule has 0 aliphatic rings. The Bertz CT molecular complexity index is 1080. The van der Waals surface area contributed by atoms with Gasteiger partial charge >= 0.3 is 0 Å². The van der Waals surface area contributed by atoms with Crippen molar-refractivity contribution < 1.29 is 9.26 Å². The molecular formula is C23H22N2O2.